The Balaban J connectivity index is 3.01. The molecule has 0 saturated carbocycles. The maximum atomic E-state index is 13.3. The van der Waals surface area contributed by atoms with Gasteiger partial charge < -0.3 is 5.11 Å². The van der Waals surface area contributed by atoms with Crippen LogP contribution in [0.1, 0.15) is 13.3 Å². The van der Waals surface area contributed by atoms with E-state index in [1.165, 1.54) is 6.92 Å². The van der Waals surface area contributed by atoms with Gasteiger partial charge in [-0.3, -0.25) is 0 Å². The van der Waals surface area contributed by atoms with Crippen LogP contribution in [0.5, 0.6) is 0 Å². The predicted octanol–water partition coefficient (Wildman–Crippen LogP) is 1.01. The average molecular weight is 265 g/mol. The van der Waals surface area contributed by atoms with E-state index in [0.717, 1.165) is 12.1 Å². The van der Waals surface area contributed by atoms with E-state index in [0.29, 0.717) is 6.07 Å². The molecule has 0 aromatic heterocycles. The predicted molar refractivity (Wildman–Crippen MR) is 57.8 cm³/mol. The summed E-state index contributed by atoms with van der Waals surface area (Å²) >= 11 is 0. The van der Waals surface area contributed by atoms with Gasteiger partial charge in [-0.2, -0.15) is 0 Å². The molecule has 1 aromatic carbocycles. The Morgan fingerprint density at radius 2 is 2.06 bits per heavy atom. The Labute approximate surface area is 98.3 Å². The second-order valence-electron chi connectivity index (χ2n) is 3.61. The Morgan fingerprint density at radius 3 is 2.65 bits per heavy atom. The molecule has 0 aliphatic carbocycles. The molecule has 0 aliphatic heterocycles. The lowest BCUT2D eigenvalue weighted by molar-refractivity contribution is 0.275. The van der Waals surface area contributed by atoms with Gasteiger partial charge in [-0.15, -0.1) is 0 Å². The van der Waals surface area contributed by atoms with Crippen molar-refractivity contribution in [3.8, 4) is 0 Å². The number of sulfonamides is 1. The second-order valence-corrected chi connectivity index (χ2v) is 5.29. The summed E-state index contributed by atoms with van der Waals surface area (Å²) in [4.78, 5) is -0.734. The number of aliphatic hydroxyl groups is 1. The topological polar surface area (TPSA) is 66.4 Å². The van der Waals surface area contributed by atoms with Gasteiger partial charge in [0.25, 0.3) is 0 Å². The van der Waals surface area contributed by atoms with E-state index >= 15 is 0 Å². The molecule has 0 aliphatic rings. The van der Waals surface area contributed by atoms with Crippen LogP contribution in [0, 0.1) is 11.6 Å². The van der Waals surface area contributed by atoms with Gasteiger partial charge in [0.05, 0.1) is 0 Å². The second kappa shape index (κ2) is 5.52. The van der Waals surface area contributed by atoms with Crippen LogP contribution in [0.2, 0.25) is 0 Å². The summed E-state index contributed by atoms with van der Waals surface area (Å²) in [7, 11) is -4.11. The van der Waals surface area contributed by atoms with Gasteiger partial charge in [-0.1, -0.05) is 0 Å². The summed E-state index contributed by atoms with van der Waals surface area (Å²) in [5, 5.41) is 8.63. The minimum atomic E-state index is -4.11. The van der Waals surface area contributed by atoms with E-state index in [1.54, 1.807) is 0 Å². The molecule has 2 N–H and O–H groups in total. The SMILES string of the molecule is CC(CCO)NS(=O)(=O)c1cc(F)ccc1F. The number of rotatable bonds is 5. The quantitative estimate of drug-likeness (QED) is 0.835. The standard InChI is InChI=1S/C10H13F2NO3S/c1-7(4-5-14)13-17(15,16)10-6-8(11)2-3-9(10)12/h2-3,6-7,13-14H,4-5H2,1H3. The van der Waals surface area contributed by atoms with Crippen molar-refractivity contribution in [2.45, 2.75) is 24.3 Å². The lowest BCUT2D eigenvalue weighted by atomic mass is 10.3. The van der Waals surface area contributed by atoms with Crippen LogP contribution in [0.25, 0.3) is 0 Å². The van der Waals surface area contributed by atoms with E-state index in [2.05, 4.69) is 4.72 Å². The summed E-state index contributed by atoms with van der Waals surface area (Å²) in [6, 6.07) is 1.64. The first-order valence-corrected chi connectivity index (χ1v) is 6.43. The first-order valence-electron chi connectivity index (χ1n) is 4.95. The molecular formula is C10H13F2NO3S. The molecule has 1 unspecified atom stereocenters. The lowest BCUT2D eigenvalue weighted by Crippen LogP contribution is -2.33. The fourth-order valence-electron chi connectivity index (χ4n) is 1.26. The Kier molecular flexibility index (Phi) is 4.55. The number of nitrogens with one attached hydrogen (secondary N) is 1. The summed E-state index contributed by atoms with van der Waals surface area (Å²) < 4.78 is 51.7. The van der Waals surface area contributed by atoms with Gasteiger partial charge in [0.15, 0.2) is 0 Å². The Bertz CT molecular complexity index is 490. The molecule has 96 valence electrons. The normalized spacial score (nSPS) is 13.6. The zero-order valence-electron chi connectivity index (χ0n) is 9.15. The molecule has 0 amide bonds. The minimum absolute atomic E-state index is 0.191. The van der Waals surface area contributed by atoms with Crippen molar-refractivity contribution in [2.75, 3.05) is 6.61 Å². The highest BCUT2D eigenvalue weighted by Crippen LogP contribution is 2.16. The smallest absolute Gasteiger partial charge is 0.243 e. The molecule has 4 nitrogen and oxygen atoms in total. The molecular weight excluding hydrogens is 252 g/mol. The maximum Gasteiger partial charge on any atom is 0.243 e. The van der Waals surface area contributed by atoms with E-state index < -0.39 is 32.6 Å². The summed E-state index contributed by atoms with van der Waals surface area (Å²) in [5.74, 6) is -1.85. The van der Waals surface area contributed by atoms with Crippen molar-refractivity contribution in [2.24, 2.45) is 0 Å². The largest absolute Gasteiger partial charge is 0.396 e. The minimum Gasteiger partial charge on any atom is -0.396 e. The van der Waals surface area contributed by atoms with Crippen LogP contribution < -0.4 is 4.72 Å². The van der Waals surface area contributed by atoms with Crippen LogP contribution in [-0.4, -0.2) is 26.2 Å². The van der Waals surface area contributed by atoms with Gasteiger partial charge in [-0.05, 0) is 31.5 Å². The highest BCUT2D eigenvalue weighted by atomic mass is 32.2. The molecule has 0 fully saturated rings. The maximum absolute atomic E-state index is 13.3. The van der Waals surface area contributed by atoms with Crippen molar-refractivity contribution >= 4 is 10.0 Å². The van der Waals surface area contributed by atoms with Gasteiger partial charge >= 0.3 is 0 Å². The van der Waals surface area contributed by atoms with Gasteiger partial charge in [0.1, 0.15) is 16.5 Å². The fraction of sp³-hybridized carbons (Fsp3) is 0.400. The van der Waals surface area contributed by atoms with Crippen LogP contribution in [0.3, 0.4) is 0 Å². The number of aliphatic hydroxyl groups excluding tert-OH is 1. The monoisotopic (exact) mass is 265 g/mol. The van der Waals surface area contributed by atoms with Crippen LogP contribution in [0.4, 0.5) is 8.78 Å². The third-order valence-electron chi connectivity index (χ3n) is 2.10. The van der Waals surface area contributed by atoms with Crippen molar-refractivity contribution < 1.29 is 22.3 Å². The number of halogens is 2. The molecule has 17 heavy (non-hydrogen) atoms. The molecule has 0 bridgehead atoms. The van der Waals surface area contributed by atoms with Crippen molar-refractivity contribution in [1.82, 2.24) is 4.72 Å². The van der Waals surface area contributed by atoms with Crippen LogP contribution in [0.15, 0.2) is 23.1 Å². The summed E-state index contributed by atoms with van der Waals surface area (Å²) in [6.45, 7) is 1.32. The fourth-order valence-corrected chi connectivity index (χ4v) is 2.63. The molecule has 1 atom stereocenters. The number of hydrogen-bond acceptors (Lipinski definition) is 3. The zero-order valence-corrected chi connectivity index (χ0v) is 9.97. The van der Waals surface area contributed by atoms with Gasteiger partial charge in [0.2, 0.25) is 10.0 Å². The molecule has 0 radical (unpaired) electrons. The van der Waals surface area contributed by atoms with Crippen molar-refractivity contribution in [3.63, 3.8) is 0 Å². The molecule has 0 saturated heterocycles. The van der Waals surface area contributed by atoms with Crippen LogP contribution >= 0.6 is 0 Å². The Morgan fingerprint density at radius 1 is 1.41 bits per heavy atom. The number of benzene rings is 1. The highest BCUT2D eigenvalue weighted by molar-refractivity contribution is 7.89. The molecule has 0 spiro atoms. The molecule has 1 aromatic rings. The van der Waals surface area contributed by atoms with E-state index in [4.69, 9.17) is 5.11 Å². The summed E-state index contributed by atoms with van der Waals surface area (Å²) in [5.41, 5.74) is 0. The first-order chi connectivity index (χ1) is 7.86. The third-order valence-corrected chi connectivity index (χ3v) is 3.71. The zero-order chi connectivity index (χ0) is 13.1. The van der Waals surface area contributed by atoms with Crippen molar-refractivity contribution in [3.05, 3.63) is 29.8 Å². The lowest BCUT2D eigenvalue weighted by Gasteiger charge is -2.13. The first kappa shape index (κ1) is 14.0. The molecule has 7 heteroatoms. The third kappa shape index (κ3) is 3.72. The van der Waals surface area contributed by atoms with Crippen LogP contribution in [-0.2, 0) is 10.0 Å². The van der Waals surface area contributed by atoms with Gasteiger partial charge in [-0.25, -0.2) is 21.9 Å². The van der Waals surface area contributed by atoms with Crippen molar-refractivity contribution in [1.29, 1.82) is 0 Å². The average Bonchev–Trinajstić information content (AvgIpc) is 2.21. The van der Waals surface area contributed by atoms with E-state index in [-0.39, 0.29) is 13.0 Å². The van der Waals surface area contributed by atoms with E-state index in [9.17, 15) is 17.2 Å². The van der Waals surface area contributed by atoms with E-state index in [1.807, 2.05) is 0 Å². The summed E-state index contributed by atoms with van der Waals surface area (Å²) in [6.07, 6.45) is 0.191. The van der Waals surface area contributed by atoms with Gasteiger partial charge in [0, 0.05) is 12.6 Å². The Hall–Kier alpha value is -1.05. The molecule has 1 rings (SSSR count). The molecule has 0 heterocycles. The number of hydrogen-bond donors (Lipinski definition) is 2. The highest BCUT2D eigenvalue weighted by Gasteiger charge is 2.21.